The highest BCUT2D eigenvalue weighted by Crippen LogP contribution is 2.36. The number of amides is 2. The number of phenols is 1. The molecule has 0 saturated heterocycles. The SMILES string of the molecule is COc1ccccc1C(=O)Nc1nc(-c2ccc(F)cc2O)cc(-c2cccc(NC(=O)CCN)c2)c1C#N.Cl. The summed E-state index contributed by atoms with van der Waals surface area (Å²) >= 11 is 0. The molecule has 0 atom stereocenters. The van der Waals surface area contributed by atoms with Crippen LogP contribution >= 0.6 is 12.4 Å². The Balaban J connectivity index is 0.00000441. The van der Waals surface area contributed by atoms with E-state index in [9.17, 15) is 24.3 Å². The van der Waals surface area contributed by atoms with Gasteiger partial charge in [0.2, 0.25) is 5.91 Å². The van der Waals surface area contributed by atoms with Gasteiger partial charge in [-0.15, -0.1) is 12.4 Å². The second-order valence-corrected chi connectivity index (χ2v) is 8.37. The van der Waals surface area contributed by atoms with Gasteiger partial charge in [0.25, 0.3) is 5.91 Å². The van der Waals surface area contributed by atoms with E-state index in [1.807, 2.05) is 0 Å². The molecule has 11 heteroatoms. The largest absolute Gasteiger partial charge is 0.507 e. The zero-order valence-corrected chi connectivity index (χ0v) is 22.1. The summed E-state index contributed by atoms with van der Waals surface area (Å²) in [6, 6.07) is 20.4. The van der Waals surface area contributed by atoms with Crippen LogP contribution in [-0.2, 0) is 4.79 Å². The zero-order chi connectivity index (χ0) is 27.9. The number of carbonyl (C=O) groups excluding carboxylic acids is 2. The molecular formula is C29H25ClFN5O4. The van der Waals surface area contributed by atoms with Crippen molar-refractivity contribution in [1.82, 2.24) is 4.98 Å². The highest BCUT2D eigenvalue weighted by atomic mass is 35.5. The summed E-state index contributed by atoms with van der Waals surface area (Å²) in [6.45, 7) is 0.189. The molecule has 0 bridgehead atoms. The number of methoxy groups -OCH3 is 1. The number of rotatable bonds is 8. The summed E-state index contributed by atoms with van der Waals surface area (Å²) in [6.07, 6.45) is 0.135. The number of phenolic OH excluding ortho intramolecular Hbond substituents is 1. The van der Waals surface area contributed by atoms with Crippen molar-refractivity contribution in [2.24, 2.45) is 5.73 Å². The molecule has 1 aromatic heterocycles. The predicted octanol–water partition coefficient (Wildman–Crippen LogP) is 5.10. The van der Waals surface area contributed by atoms with Crippen molar-refractivity contribution in [3.63, 3.8) is 0 Å². The van der Waals surface area contributed by atoms with Gasteiger partial charge >= 0.3 is 0 Å². The van der Waals surface area contributed by atoms with E-state index in [0.29, 0.717) is 22.6 Å². The fraction of sp³-hybridized carbons (Fsp3) is 0.103. The molecule has 4 aromatic rings. The first-order chi connectivity index (χ1) is 18.8. The first-order valence-corrected chi connectivity index (χ1v) is 11.8. The number of benzene rings is 3. The molecule has 0 aliphatic carbocycles. The second kappa shape index (κ2) is 13.2. The van der Waals surface area contributed by atoms with Crippen molar-refractivity contribution in [2.75, 3.05) is 24.3 Å². The molecule has 9 nitrogen and oxygen atoms in total. The number of aromatic hydroxyl groups is 1. The standard InChI is InChI=1S/C29H24FN5O4.ClH/c1-39-26-8-3-2-7-21(26)29(38)35-28-23(16-32)22(15-24(34-28)20-10-9-18(30)14-25(20)36)17-5-4-6-19(13-17)33-27(37)11-12-31;/h2-10,13-15,36H,11-12,31H2,1H3,(H,33,37)(H,34,35,38);1H. The number of nitrogens with one attached hydrogen (secondary N) is 2. The lowest BCUT2D eigenvalue weighted by molar-refractivity contribution is -0.116. The van der Waals surface area contributed by atoms with Crippen LogP contribution in [0.1, 0.15) is 22.3 Å². The Morgan fingerprint density at radius 3 is 2.52 bits per heavy atom. The average molecular weight is 562 g/mol. The molecule has 0 radical (unpaired) electrons. The average Bonchev–Trinajstić information content (AvgIpc) is 2.92. The number of aromatic nitrogens is 1. The van der Waals surface area contributed by atoms with Crippen LogP contribution in [0.4, 0.5) is 15.9 Å². The number of para-hydroxylation sites is 1. The van der Waals surface area contributed by atoms with Crippen molar-refractivity contribution in [3.05, 3.63) is 89.7 Å². The fourth-order valence-electron chi connectivity index (χ4n) is 3.96. The van der Waals surface area contributed by atoms with Gasteiger partial charge in [0.1, 0.15) is 28.9 Å². The number of hydrogen-bond donors (Lipinski definition) is 4. The number of nitrogens with two attached hydrogens (primary N) is 1. The molecule has 0 aliphatic rings. The Bertz CT molecular complexity index is 1610. The third kappa shape index (κ3) is 6.53. The fourth-order valence-corrected chi connectivity index (χ4v) is 3.96. The molecule has 3 aromatic carbocycles. The van der Waals surface area contributed by atoms with Gasteiger partial charge in [-0.3, -0.25) is 9.59 Å². The smallest absolute Gasteiger partial charge is 0.260 e. The summed E-state index contributed by atoms with van der Waals surface area (Å²) in [4.78, 5) is 29.7. The first-order valence-electron chi connectivity index (χ1n) is 11.8. The number of ether oxygens (including phenoxy) is 1. The highest BCUT2D eigenvalue weighted by molar-refractivity contribution is 6.07. The number of anilines is 2. The molecule has 0 aliphatic heterocycles. The lowest BCUT2D eigenvalue weighted by Crippen LogP contribution is -2.16. The van der Waals surface area contributed by atoms with Crippen molar-refractivity contribution >= 4 is 35.7 Å². The zero-order valence-electron chi connectivity index (χ0n) is 21.3. The summed E-state index contributed by atoms with van der Waals surface area (Å²) in [5, 5.41) is 26.0. The maximum Gasteiger partial charge on any atom is 0.260 e. The number of nitrogens with zero attached hydrogens (tertiary/aromatic N) is 2. The number of carbonyl (C=O) groups is 2. The van der Waals surface area contributed by atoms with Crippen LogP contribution in [-0.4, -0.2) is 35.6 Å². The molecule has 2 amide bonds. The maximum atomic E-state index is 13.7. The Morgan fingerprint density at radius 2 is 1.82 bits per heavy atom. The third-order valence-corrected chi connectivity index (χ3v) is 5.78. The van der Waals surface area contributed by atoms with Gasteiger partial charge in [0, 0.05) is 35.8 Å². The lowest BCUT2D eigenvalue weighted by Gasteiger charge is -2.15. The van der Waals surface area contributed by atoms with E-state index in [1.54, 1.807) is 54.6 Å². The summed E-state index contributed by atoms with van der Waals surface area (Å²) in [5.41, 5.74) is 7.42. The van der Waals surface area contributed by atoms with Crippen LogP contribution < -0.4 is 21.1 Å². The van der Waals surface area contributed by atoms with Crippen molar-refractivity contribution in [1.29, 1.82) is 5.26 Å². The van der Waals surface area contributed by atoms with Gasteiger partial charge in [0.15, 0.2) is 5.82 Å². The van der Waals surface area contributed by atoms with E-state index in [-0.39, 0.29) is 65.2 Å². The molecule has 204 valence electrons. The van der Waals surface area contributed by atoms with Gasteiger partial charge in [0.05, 0.1) is 18.4 Å². The second-order valence-electron chi connectivity index (χ2n) is 8.37. The van der Waals surface area contributed by atoms with E-state index in [0.717, 1.165) is 12.1 Å². The molecule has 40 heavy (non-hydrogen) atoms. The van der Waals surface area contributed by atoms with Gasteiger partial charge in [-0.2, -0.15) is 5.26 Å². The minimum Gasteiger partial charge on any atom is -0.507 e. The van der Waals surface area contributed by atoms with E-state index in [4.69, 9.17) is 10.5 Å². The molecule has 0 spiro atoms. The normalized spacial score (nSPS) is 10.2. The molecule has 4 rings (SSSR count). The minimum absolute atomic E-state index is 0. The van der Waals surface area contributed by atoms with Crippen LogP contribution in [0.3, 0.4) is 0 Å². The van der Waals surface area contributed by atoms with Crippen molar-refractivity contribution < 1.29 is 23.8 Å². The van der Waals surface area contributed by atoms with Crippen LogP contribution in [0, 0.1) is 17.1 Å². The monoisotopic (exact) mass is 561 g/mol. The van der Waals surface area contributed by atoms with Crippen LogP contribution in [0.25, 0.3) is 22.4 Å². The third-order valence-electron chi connectivity index (χ3n) is 5.78. The van der Waals surface area contributed by atoms with E-state index < -0.39 is 11.7 Å². The highest BCUT2D eigenvalue weighted by Gasteiger charge is 2.21. The molecule has 5 N–H and O–H groups in total. The van der Waals surface area contributed by atoms with Crippen molar-refractivity contribution in [3.8, 4) is 40.0 Å². The Hall–Kier alpha value is -4.98. The number of hydrogen-bond acceptors (Lipinski definition) is 7. The molecular weight excluding hydrogens is 537 g/mol. The van der Waals surface area contributed by atoms with E-state index >= 15 is 0 Å². The Morgan fingerprint density at radius 1 is 1.05 bits per heavy atom. The number of halogens is 2. The molecule has 0 saturated carbocycles. The summed E-state index contributed by atoms with van der Waals surface area (Å²) in [7, 11) is 1.43. The minimum atomic E-state index is -0.643. The quantitative estimate of drug-likeness (QED) is 0.233. The molecule has 0 fully saturated rings. The van der Waals surface area contributed by atoms with Crippen LogP contribution in [0.15, 0.2) is 72.8 Å². The van der Waals surface area contributed by atoms with E-state index in [2.05, 4.69) is 21.7 Å². The molecule has 0 unspecified atom stereocenters. The topological polar surface area (TPSA) is 150 Å². The van der Waals surface area contributed by atoms with Gasteiger partial charge < -0.3 is 26.2 Å². The Labute approximate surface area is 235 Å². The predicted molar refractivity (Wildman–Crippen MR) is 152 cm³/mol. The van der Waals surface area contributed by atoms with E-state index in [1.165, 1.54) is 13.2 Å². The van der Waals surface area contributed by atoms with Crippen molar-refractivity contribution in [2.45, 2.75) is 6.42 Å². The van der Waals surface area contributed by atoms with Crippen LogP contribution in [0.2, 0.25) is 0 Å². The maximum absolute atomic E-state index is 13.7. The Kier molecular flexibility index (Phi) is 9.76. The number of nitriles is 1. The van der Waals surface area contributed by atoms with Gasteiger partial charge in [-0.05, 0) is 48.0 Å². The molecule has 1 heterocycles. The van der Waals surface area contributed by atoms with Crippen LogP contribution in [0.5, 0.6) is 11.5 Å². The number of pyridine rings is 1. The first kappa shape index (κ1) is 29.6. The summed E-state index contributed by atoms with van der Waals surface area (Å²) in [5.74, 6) is -1.62. The van der Waals surface area contributed by atoms with Gasteiger partial charge in [-0.1, -0.05) is 24.3 Å². The summed E-state index contributed by atoms with van der Waals surface area (Å²) < 4.78 is 19.0. The van der Waals surface area contributed by atoms with Gasteiger partial charge in [-0.25, -0.2) is 9.37 Å². The lowest BCUT2D eigenvalue weighted by atomic mass is 9.97.